The Morgan fingerprint density at radius 2 is 1.97 bits per heavy atom. The maximum atomic E-state index is 12.5. The third-order valence-electron chi connectivity index (χ3n) is 5.43. The van der Waals surface area contributed by atoms with Crippen LogP contribution < -0.4 is 16.6 Å². The predicted octanol–water partition coefficient (Wildman–Crippen LogP) is 2.08. The monoisotopic (exact) mass is 454 g/mol. The molecule has 1 aromatic carbocycles. The van der Waals surface area contributed by atoms with E-state index in [1.807, 2.05) is 35.8 Å². The van der Waals surface area contributed by atoms with Gasteiger partial charge in [0.1, 0.15) is 5.82 Å². The molecule has 3 N–H and O–H groups in total. The number of thioether (sulfide) groups is 1. The highest BCUT2D eigenvalue weighted by Gasteiger charge is 2.19. The molecule has 0 radical (unpaired) electrons. The molecule has 0 atom stereocenters. The van der Waals surface area contributed by atoms with E-state index in [-0.39, 0.29) is 24.1 Å². The molecular formula is C22H26N6O3S. The number of H-pyrrole nitrogens is 2. The minimum Gasteiger partial charge on any atom is -0.353 e. The number of carbonyl (C=O) groups excluding carboxylic acids is 1. The second-order valence-electron chi connectivity index (χ2n) is 8.05. The molecule has 0 saturated heterocycles. The summed E-state index contributed by atoms with van der Waals surface area (Å²) in [7, 11) is 0. The van der Waals surface area contributed by atoms with Crippen LogP contribution in [0.15, 0.2) is 45.1 Å². The first-order valence-electron chi connectivity index (χ1n) is 10.7. The molecule has 0 bridgehead atoms. The van der Waals surface area contributed by atoms with E-state index in [2.05, 4.69) is 25.5 Å². The van der Waals surface area contributed by atoms with Gasteiger partial charge in [-0.2, -0.15) is 0 Å². The summed E-state index contributed by atoms with van der Waals surface area (Å²) in [6.45, 7) is 1.99. The van der Waals surface area contributed by atoms with Gasteiger partial charge in [-0.05, 0) is 37.5 Å². The van der Waals surface area contributed by atoms with E-state index >= 15 is 0 Å². The van der Waals surface area contributed by atoms with Gasteiger partial charge in [-0.3, -0.25) is 19.1 Å². The summed E-state index contributed by atoms with van der Waals surface area (Å²) in [5, 5.41) is 12.3. The number of hydrogen-bond acceptors (Lipinski definition) is 6. The molecule has 168 valence electrons. The van der Waals surface area contributed by atoms with Crippen LogP contribution >= 0.6 is 11.8 Å². The lowest BCUT2D eigenvalue weighted by atomic mass is 9.95. The summed E-state index contributed by atoms with van der Waals surface area (Å²) in [4.78, 5) is 40.6. The Morgan fingerprint density at radius 1 is 1.16 bits per heavy atom. The maximum Gasteiger partial charge on any atom is 0.325 e. The standard InChI is InChI=1S/C22H26N6O3S/c1-14-6-5-9-17(10-14)28-18(11-16-12-19(29)25-21(31)24-16)26-27-22(28)32-13-20(30)23-15-7-3-2-4-8-15/h5-6,9-10,12,15H,2-4,7-8,11,13H2,1H3,(H,23,30)(H2,24,25,29,31). The van der Waals surface area contributed by atoms with Crippen LogP contribution in [0.1, 0.15) is 49.2 Å². The van der Waals surface area contributed by atoms with Crippen LogP contribution in [0, 0.1) is 6.92 Å². The molecule has 4 rings (SSSR count). The predicted molar refractivity (Wildman–Crippen MR) is 122 cm³/mol. The van der Waals surface area contributed by atoms with E-state index in [4.69, 9.17) is 0 Å². The zero-order chi connectivity index (χ0) is 22.5. The lowest BCUT2D eigenvalue weighted by Gasteiger charge is -2.22. The van der Waals surface area contributed by atoms with Crippen molar-refractivity contribution in [3.8, 4) is 5.69 Å². The SMILES string of the molecule is Cc1cccc(-n2c(Cc3cc(=O)[nH]c(=O)[nH]3)nnc2SCC(=O)NC2CCCCC2)c1. The summed E-state index contributed by atoms with van der Waals surface area (Å²) >= 11 is 1.32. The highest BCUT2D eigenvalue weighted by molar-refractivity contribution is 7.99. The Labute approximate surface area is 189 Å². The summed E-state index contributed by atoms with van der Waals surface area (Å²) < 4.78 is 1.87. The number of benzene rings is 1. The van der Waals surface area contributed by atoms with Gasteiger partial charge in [-0.25, -0.2) is 4.79 Å². The third kappa shape index (κ3) is 5.56. The Balaban J connectivity index is 1.57. The number of rotatable bonds is 7. The van der Waals surface area contributed by atoms with Gasteiger partial charge in [0.25, 0.3) is 5.56 Å². The van der Waals surface area contributed by atoms with Crippen molar-refractivity contribution in [2.24, 2.45) is 0 Å². The van der Waals surface area contributed by atoms with E-state index < -0.39 is 11.2 Å². The molecule has 1 aliphatic carbocycles. The van der Waals surface area contributed by atoms with Crippen molar-refractivity contribution in [1.82, 2.24) is 30.0 Å². The number of nitrogens with one attached hydrogen (secondary N) is 3. The molecule has 1 aliphatic rings. The van der Waals surface area contributed by atoms with Gasteiger partial charge >= 0.3 is 5.69 Å². The molecule has 32 heavy (non-hydrogen) atoms. The molecule has 0 spiro atoms. The molecule has 1 fully saturated rings. The zero-order valence-electron chi connectivity index (χ0n) is 17.9. The average Bonchev–Trinajstić information content (AvgIpc) is 3.14. The second kappa shape index (κ2) is 9.99. The van der Waals surface area contributed by atoms with Gasteiger partial charge in [0.2, 0.25) is 5.91 Å². The van der Waals surface area contributed by atoms with Crippen molar-refractivity contribution >= 4 is 17.7 Å². The van der Waals surface area contributed by atoms with Crippen molar-refractivity contribution < 1.29 is 4.79 Å². The highest BCUT2D eigenvalue weighted by atomic mass is 32.2. The van der Waals surface area contributed by atoms with Crippen LogP contribution in [0.2, 0.25) is 0 Å². The zero-order valence-corrected chi connectivity index (χ0v) is 18.7. The Kier molecular flexibility index (Phi) is 6.89. The van der Waals surface area contributed by atoms with Crippen LogP contribution in [-0.2, 0) is 11.2 Å². The van der Waals surface area contributed by atoms with Crippen molar-refractivity contribution in [2.75, 3.05) is 5.75 Å². The topological polar surface area (TPSA) is 126 Å². The lowest BCUT2D eigenvalue weighted by Crippen LogP contribution is -2.37. The first kappa shape index (κ1) is 22.1. The Hall–Kier alpha value is -3.14. The second-order valence-corrected chi connectivity index (χ2v) is 9.00. The van der Waals surface area contributed by atoms with Gasteiger partial charge in [-0.15, -0.1) is 10.2 Å². The molecule has 0 aliphatic heterocycles. The third-order valence-corrected chi connectivity index (χ3v) is 6.36. The minimum absolute atomic E-state index is 0.0128. The summed E-state index contributed by atoms with van der Waals surface area (Å²) in [5.74, 6) is 0.788. The van der Waals surface area contributed by atoms with Gasteiger partial charge in [0.05, 0.1) is 5.75 Å². The quantitative estimate of drug-likeness (QED) is 0.470. The minimum atomic E-state index is -0.567. The number of aromatic amines is 2. The number of aromatic nitrogens is 5. The van der Waals surface area contributed by atoms with E-state index in [1.165, 1.54) is 24.2 Å². The van der Waals surface area contributed by atoms with Crippen LogP contribution in [-0.4, -0.2) is 42.4 Å². The molecule has 3 aromatic rings. The first-order chi connectivity index (χ1) is 15.5. The maximum absolute atomic E-state index is 12.5. The molecule has 1 saturated carbocycles. The smallest absolute Gasteiger partial charge is 0.325 e. The number of amides is 1. The van der Waals surface area contributed by atoms with E-state index in [0.717, 1.165) is 36.9 Å². The largest absolute Gasteiger partial charge is 0.353 e. The Bertz CT molecular complexity index is 1180. The average molecular weight is 455 g/mol. The highest BCUT2D eigenvalue weighted by Crippen LogP contribution is 2.24. The first-order valence-corrected chi connectivity index (χ1v) is 11.7. The molecule has 1 amide bonds. The molecule has 0 unspecified atom stereocenters. The van der Waals surface area contributed by atoms with Gasteiger partial charge in [-0.1, -0.05) is 43.2 Å². The van der Waals surface area contributed by atoms with E-state index in [9.17, 15) is 14.4 Å². The summed E-state index contributed by atoms with van der Waals surface area (Å²) in [5.41, 5.74) is 1.32. The fourth-order valence-corrected chi connectivity index (χ4v) is 4.75. The number of aryl methyl sites for hydroxylation is 1. The number of nitrogens with zero attached hydrogens (tertiary/aromatic N) is 3. The molecular weight excluding hydrogens is 428 g/mol. The normalized spacial score (nSPS) is 14.4. The summed E-state index contributed by atoms with van der Waals surface area (Å²) in [6.07, 6.45) is 5.85. The number of carbonyl (C=O) groups is 1. The molecule has 2 aromatic heterocycles. The fourth-order valence-electron chi connectivity index (χ4n) is 3.97. The van der Waals surface area contributed by atoms with Gasteiger partial charge in [0.15, 0.2) is 5.16 Å². The van der Waals surface area contributed by atoms with Gasteiger partial charge in [0, 0.05) is 29.9 Å². The lowest BCUT2D eigenvalue weighted by molar-refractivity contribution is -0.119. The van der Waals surface area contributed by atoms with Gasteiger partial charge < -0.3 is 10.3 Å². The van der Waals surface area contributed by atoms with Crippen molar-refractivity contribution in [2.45, 2.75) is 56.6 Å². The van der Waals surface area contributed by atoms with Crippen molar-refractivity contribution in [1.29, 1.82) is 0 Å². The molecule has 9 nitrogen and oxygen atoms in total. The Morgan fingerprint density at radius 3 is 2.72 bits per heavy atom. The fraction of sp³-hybridized carbons (Fsp3) is 0.409. The van der Waals surface area contributed by atoms with Crippen LogP contribution in [0.25, 0.3) is 5.69 Å². The van der Waals surface area contributed by atoms with E-state index in [1.54, 1.807) is 0 Å². The summed E-state index contributed by atoms with van der Waals surface area (Å²) in [6, 6.07) is 9.46. The molecule has 2 heterocycles. The van der Waals surface area contributed by atoms with Crippen LogP contribution in [0.4, 0.5) is 0 Å². The van der Waals surface area contributed by atoms with Crippen molar-refractivity contribution in [3.05, 3.63) is 68.3 Å². The van der Waals surface area contributed by atoms with Crippen molar-refractivity contribution in [3.63, 3.8) is 0 Å². The molecule has 10 heteroatoms. The van der Waals surface area contributed by atoms with Crippen LogP contribution in [0.5, 0.6) is 0 Å². The number of hydrogen-bond donors (Lipinski definition) is 3. The van der Waals surface area contributed by atoms with E-state index in [0.29, 0.717) is 16.7 Å². The van der Waals surface area contributed by atoms with Crippen LogP contribution in [0.3, 0.4) is 0 Å².